The van der Waals surface area contributed by atoms with Crippen molar-refractivity contribution in [1.29, 1.82) is 0 Å². The second kappa shape index (κ2) is 7.58. The molecule has 0 radical (unpaired) electrons. The largest absolute Gasteiger partial charge is 0.361 e. The number of nitrogens with zero attached hydrogens (tertiary/aromatic N) is 1. The van der Waals surface area contributed by atoms with Gasteiger partial charge in [0.25, 0.3) is 11.8 Å². The number of fused-ring (bicyclic) bond motifs is 1. The van der Waals surface area contributed by atoms with Gasteiger partial charge in [-0.3, -0.25) is 9.59 Å². The van der Waals surface area contributed by atoms with Crippen molar-refractivity contribution in [2.24, 2.45) is 0 Å². The summed E-state index contributed by atoms with van der Waals surface area (Å²) in [6, 6.07) is 14.6. The fourth-order valence-corrected chi connectivity index (χ4v) is 2.52. The SMILES string of the molecule is CN(C)C(=O)c1ccc(C#CCNC(=O)c2ccc3cc[nH]c3c2)cc1. The molecule has 0 aliphatic heterocycles. The van der Waals surface area contributed by atoms with E-state index in [9.17, 15) is 9.59 Å². The van der Waals surface area contributed by atoms with Crippen LogP contribution in [0.25, 0.3) is 10.9 Å². The molecule has 2 N–H and O–H groups in total. The van der Waals surface area contributed by atoms with Crippen LogP contribution < -0.4 is 5.32 Å². The zero-order valence-electron chi connectivity index (χ0n) is 14.7. The number of hydrogen-bond donors (Lipinski definition) is 2. The fourth-order valence-electron chi connectivity index (χ4n) is 2.52. The third-order valence-electron chi connectivity index (χ3n) is 3.93. The molecule has 0 saturated heterocycles. The Labute approximate surface area is 152 Å². The zero-order valence-corrected chi connectivity index (χ0v) is 14.7. The van der Waals surface area contributed by atoms with Gasteiger partial charge in [0.1, 0.15) is 0 Å². The number of H-pyrrole nitrogens is 1. The predicted octanol–water partition coefficient (Wildman–Crippen LogP) is 2.65. The number of rotatable bonds is 3. The molecular formula is C21H19N3O2. The summed E-state index contributed by atoms with van der Waals surface area (Å²) in [6.45, 7) is 0.250. The lowest BCUT2D eigenvalue weighted by molar-refractivity contribution is 0.0827. The molecule has 26 heavy (non-hydrogen) atoms. The molecule has 0 aliphatic carbocycles. The van der Waals surface area contributed by atoms with Crippen molar-refractivity contribution in [3.63, 3.8) is 0 Å². The van der Waals surface area contributed by atoms with Crippen LogP contribution in [0.3, 0.4) is 0 Å². The Hall–Kier alpha value is -3.52. The van der Waals surface area contributed by atoms with Gasteiger partial charge in [0.2, 0.25) is 0 Å². The maximum Gasteiger partial charge on any atom is 0.253 e. The van der Waals surface area contributed by atoms with E-state index in [1.54, 1.807) is 44.4 Å². The molecule has 0 bridgehead atoms. The number of nitrogens with one attached hydrogen (secondary N) is 2. The van der Waals surface area contributed by atoms with Crippen LogP contribution in [0, 0.1) is 11.8 Å². The minimum absolute atomic E-state index is 0.0455. The van der Waals surface area contributed by atoms with Crippen molar-refractivity contribution in [3.8, 4) is 11.8 Å². The zero-order chi connectivity index (χ0) is 18.5. The van der Waals surface area contributed by atoms with Gasteiger partial charge in [-0.1, -0.05) is 17.9 Å². The molecule has 2 amide bonds. The maximum atomic E-state index is 12.2. The highest BCUT2D eigenvalue weighted by atomic mass is 16.2. The molecular weight excluding hydrogens is 326 g/mol. The first-order valence-corrected chi connectivity index (χ1v) is 8.20. The van der Waals surface area contributed by atoms with Crippen LogP contribution in [0.1, 0.15) is 26.3 Å². The molecule has 5 heteroatoms. The molecule has 2 aromatic carbocycles. The number of amides is 2. The lowest BCUT2D eigenvalue weighted by Crippen LogP contribution is -2.23. The summed E-state index contributed by atoms with van der Waals surface area (Å²) in [5, 5.41) is 3.85. The summed E-state index contributed by atoms with van der Waals surface area (Å²) in [6.07, 6.45) is 1.84. The van der Waals surface area contributed by atoms with Crippen LogP contribution >= 0.6 is 0 Å². The van der Waals surface area contributed by atoms with E-state index in [1.807, 2.05) is 24.4 Å². The van der Waals surface area contributed by atoms with Gasteiger partial charge in [0, 0.05) is 42.5 Å². The van der Waals surface area contributed by atoms with Crippen LogP contribution in [0.2, 0.25) is 0 Å². The molecule has 0 saturated carbocycles. The molecule has 5 nitrogen and oxygen atoms in total. The lowest BCUT2D eigenvalue weighted by Gasteiger charge is -2.09. The molecule has 0 fully saturated rings. The van der Waals surface area contributed by atoms with Crippen LogP contribution in [0.4, 0.5) is 0 Å². The molecule has 3 rings (SSSR count). The molecule has 1 heterocycles. The van der Waals surface area contributed by atoms with E-state index in [2.05, 4.69) is 22.1 Å². The Morgan fingerprint density at radius 1 is 1.04 bits per heavy atom. The van der Waals surface area contributed by atoms with Gasteiger partial charge in [0.15, 0.2) is 0 Å². The van der Waals surface area contributed by atoms with Gasteiger partial charge in [-0.15, -0.1) is 0 Å². The highest BCUT2D eigenvalue weighted by Gasteiger charge is 2.07. The Morgan fingerprint density at radius 3 is 2.50 bits per heavy atom. The van der Waals surface area contributed by atoms with E-state index in [-0.39, 0.29) is 18.4 Å². The first-order chi connectivity index (χ1) is 12.5. The van der Waals surface area contributed by atoms with Crippen molar-refractivity contribution in [2.45, 2.75) is 0 Å². The quantitative estimate of drug-likeness (QED) is 0.717. The van der Waals surface area contributed by atoms with E-state index < -0.39 is 0 Å². The Kier molecular flexibility index (Phi) is 5.04. The topological polar surface area (TPSA) is 65.2 Å². The third kappa shape index (κ3) is 3.93. The standard InChI is InChI=1S/C21H19N3O2/c1-24(2)21(26)17-7-5-15(6-8-17)4-3-12-23-20(25)18-10-9-16-11-13-22-19(16)14-18/h5-11,13-14,22H,12H2,1-2H3,(H,23,25). The van der Waals surface area contributed by atoms with Gasteiger partial charge >= 0.3 is 0 Å². The first-order valence-electron chi connectivity index (χ1n) is 8.20. The Balaban J connectivity index is 1.58. The van der Waals surface area contributed by atoms with Gasteiger partial charge in [0.05, 0.1) is 6.54 Å². The van der Waals surface area contributed by atoms with Crippen molar-refractivity contribution >= 4 is 22.7 Å². The normalized spacial score (nSPS) is 10.1. The van der Waals surface area contributed by atoms with Gasteiger partial charge in [-0.05, 0) is 47.9 Å². The van der Waals surface area contributed by atoms with E-state index >= 15 is 0 Å². The van der Waals surface area contributed by atoms with E-state index in [1.165, 1.54) is 4.90 Å². The number of aromatic nitrogens is 1. The molecule has 0 unspecified atom stereocenters. The Morgan fingerprint density at radius 2 is 1.77 bits per heavy atom. The summed E-state index contributed by atoms with van der Waals surface area (Å²) >= 11 is 0. The Bertz CT molecular complexity index is 1000. The summed E-state index contributed by atoms with van der Waals surface area (Å²) in [5.41, 5.74) is 2.93. The summed E-state index contributed by atoms with van der Waals surface area (Å²) in [5.74, 6) is 5.69. The van der Waals surface area contributed by atoms with Gasteiger partial charge < -0.3 is 15.2 Å². The molecule has 0 atom stereocenters. The fraction of sp³-hybridized carbons (Fsp3) is 0.143. The molecule has 0 aliphatic rings. The first kappa shape index (κ1) is 17.3. The monoisotopic (exact) mass is 345 g/mol. The van der Waals surface area contributed by atoms with Crippen LogP contribution in [-0.2, 0) is 0 Å². The van der Waals surface area contributed by atoms with Crippen molar-refractivity contribution in [1.82, 2.24) is 15.2 Å². The van der Waals surface area contributed by atoms with E-state index in [4.69, 9.17) is 0 Å². The van der Waals surface area contributed by atoms with Crippen molar-refractivity contribution < 1.29 is 9.59 Å². The predicted molar refractivity (Wildman–Crippen MR) is 102 cm³/mol. The lowest BCUT2D eigenvalue weighted by atomic mass is 10.1. The average Bonchev–Trinajstić information content (AvgIpc) is 3.12. The minimum atomic E-state index is -0.164. The minimum Gasteiger partial charge on any atom is -0.361 e. The second-order valence-electron chi connectivity index (χ2n) is 6.04. The molecule has 3 aromatic rings. The van der Waals surface area contributed by atoms with Crippen molar-refractivity contribution in [2.75, 3.05) is 20.6 Å². The number of aromatic amines is 1. The summed E-state index contributed by atoms with van der Waals surface area (Å²) in [4.78, 5) is 28.6. The number of benzene rings is 2. The molecule has 1 aromatic heterocycles. The van der Waals surface area contributed by atoms with Gasteiger partial charge in [-0.2, -0.15) is 0 Å². The van der Waals surface area contributed by atoms with E-state index in [0.29, 0.717) is 11.1 Å². The molecule has 130 valence electrons. The molecule has 0 spiro atoms. The highest BCUT2D eigenvalue weighted by molar-refractivity contribution is 5.98. The number of carbonyl (C=O) groups excluding carboxylic acids is 2. The van der Waals surface area contributed by atoms with Crippen LogP contribution in [0.5, 0.6) is 0 Å². The summed E-state index contributed by atoms with van der Waals surface area (Å²) < 4.78 is 0. The average molecular weight is 345 g/mol. The van der Waals surface area contributed by atoms with Crippen LogP contribution in [0.15, 0.2) is 54.7 Å². The van der Waals surface area contributed by atoms with E-state index in [0.717, 1.165) is 16.5 Å². The second-order valence-corrected chi connectivity index (χ2v) is 6.04. The maximum absolute atomic E-state index is 12.2. The van der Waals surface area contributed by atoms with Crippen molar-refractivity contribution in [3.05, 3.63) is 71.4 Å². The smallest absolute Gasteiger partial charge is 0.253 e. The highest BCUT2D eigenvalue weighted by Crippen LogP contribution is 2.13. The van der Waals surface area contributed by atoms with Gasteiger partial charge in [-0.25, -0.2) is 0 Å². The third-order valence-corrected chi connectivity index (χ3v) is 3.93. The number of hydrogen-bond acceptors (Lipinski definition) is 2. The summed E-state index contributed by atoms with van der Waals surface area (Å²) in [7, 11) is 3.43. The van der Waals surface area contributed by atoms with Crippen LogP contribution in [-0.4, -0.2) is 42.3 Å². The number of carbonyl (C=O) groups is 2.